The standard InChI is InChI=1S/C14H19N3O6/c1-8(18)15-6-5-13(20)14(21)10-3-4-11(16-9(2)19)12(7-10)17(22)23/h3-4,7,13-14,20-21H,5-6H2,1-2H3,(H,15,18)(H,16,19). The molecule has 126 valence electrons. The number of nitro groups is 1. The zero-order valence-corrected chi connectivity index (χ0v) is 12.8. The number of aliphatic hydroxyl groups excluding tert-OH is 2. The lowest BCUT2D eigenvalue weighted by Crippen LogP contribution is -2.27. The van der Waals surface area contributed by atoms with Crippen LogP contribution in [0.5, 0.6) is 0 Å². The minimum atomic E-state index is -1.35. The van der Waals surface area contributed by atoms with Crippen LogP contribution in [-0.2, 0) is 9.59 Å². The highest BCUT2D eigenvalue weighted by molar-refractivity contribution is 5.91. The van der Waals surface area contributed by atoms with E-state index in [1.165, 1.54) is 26.0 Å². The Morgan fingerprint density at radius 3 is 2.43 bits per heavy atom. The Hall–Kier alpha value is -2.52. The van der Waals surface area contributed by atoms with Gasteiger partial charge >= 0.3 is 0 Å². The Bertz CT molecular complexity index is 604. The number of hydrogen-bond donors (Lipinski definition) is 4. The van der Waals surface area contributed by atoms with Crippen molar-refractivity contribution < 1.29 is 24.7 Å². The Balaban J connectivity index is 2.90. The van der Waals surface area contributed by atoms with Gasteiger partial charge in [0, 0.05) is 26.5 Å². The van der Waals surface area contributed by atoms with Gasteiger partial charge in [0.25, 0.3) is 5.69 Å². The smallest absolute Gasteiger partial charge is 0.293 e. The molecule has 4 N–H and O–H groups in total. The van der Waals surface area contributed by atoms with Crippen LogP contribution in [0.15, 0.2) is 18.2 Å². The molecule has 0 heterocycles. The van der Waals surface area contributed by atoms with Crippen LogP contribution in [0.3, 0.4) is 0 Å². The zero-order valence-electron chi connectivity index (χ0n) is 12.8. The number of anilines is 1. The van der Waals surface area contributed by atoms with E-state index in [2.05, 4.69) is 10.6 Å². The molecule has 0 aromatic heterocycles. The summed E-state index contributed by atoms with van der Waals surface area (Å²) >= 11 is 0. The first kappa shape index (κ1) is 18.5. The predicted molar refractivity (Wildman–Crippen MR) is 81.7 cm³/mol. The SMILES string of the molecule is CC(=O)NCCC(O)C(O)c1ccc(NC(C)=O)c([N+](=O)[O-])c1. The summed E-state index contributed by atoms with van der Waals surface area (Å²) in [5, 5.41) is 35.8. The highest BCUT2D eigenvalue weighted by Crippen LogP contribution is 2.29. The third-order valence-corrected chi connectivity index (χ3v) is 3.05. The van der Waals surface area contributed by atoms with E-state index in [1.54, 1.807) is 0 Å². The first-order valence-corrected chi connectivity index (χ1v) is 6.89. The molecule has 2 amide bonds. The van der Waals surface area contributed by atoms with Crippen molar-refractivity contribution in [1.82, 2.24) is 5.32 Å². The maximum Gasteiger partial charge on any atom is 0.293 e. The highest BCUT2D eigenvalue weighted by Gasteiger charge is 2.23. The molecule has 0 radical (unpaired) electrons. The van der Waals surface area contributed by atoms with Gasteiger partial charge in [-0.05, 0) is 18.1 Å². The van der Waals surface area contributed by atoms with Gasteiger partial charge in [-0.1, -0.05) is 6.07 Å². The number of carbonyl (C=O) groups excluding carboxylic acids is 2. The number of benzene rings is 1. The first-order chi connectivity index (χ1) is 10.7. The fourth-order valence-electron chi connectivity index (χ4n) is 1.96. The van der Waals surface area contributed by atoms with Crippen LogP contribution in [0.2, 0.25) is 0 Å². The van der Waals surface area contributed by atoms with Crippen molar-refractivity contribution in [3.63, 3.8) is 0 Å². The van der Waals surface area contributed by atoms with Gasteiger partial charge in [0.05, 0.1) is 11.0 Å². The van der Waals surface area contributed by atoms with Gasteiger partial charge in [-0.25, -0.2) is 0 Å². The fraction of sp³-hybridized carbons (Fsp3) is 0.429. The van der Waals surface area contributed by atoms with E-state index in [9.17, 15) is 29.9 Å². The third kappa shape index (κ3) is 5.64. The summed E-state index contributed by atoms with van der Waals surface area (Å²) in [6.07, 6.45) is -2.47. The first-order valence-electron chi connectivity index (χ1n) is 6.89. The summed E-state index contributed by atoms with van der Waals surface area (Å²) in [6.45, 7) is 2.71. The maximum absolute atomic E-state index is 11.1. The van der Waals surface area contributed by atoms with E-state index in [4.69, 9.17) is 0 Å². The van der Waals surface area contributed by atoms with Gasteiger partial charge < -0.3 is 20.8 Å². The molecule has 2 atom stereocenters. The summed E-state index contributed by atoms with van der Waals surface area (Å²) in [7, 11) is 0. The largest absolute Gasteiger partial charge is 0.390 e. The highest BCUT2D eigenvalue weighted by atomic mass is 16.6. The molecule has 0 aliphatic heterocycles. The van der Waals surface area contributed by atoms with Gasteiger partial charge in [-0.3, -0.25) is 19.7 Å². The van der Waals surface area contributed by atoms with Crippen LogP contribution in [0.1, 0.15) is 31.9 Å². The number of nitrogens with zero attached hydrogens (tertiary/aromatic N) is 1. The maximum atomic E-state index is 11.1. The van der Waals surface area contributed by atoms with Crippen molar-refractivity contribution in [2.75, 3.05) is 11.9 Å². The van der Waals surface area contributed by atoms with Crippen molar-refractivity contribution >= 4 is 23.2 Å². The Kier molecular flexibility index (Phi) is 6.61. The lowest BCUT2D eigenvalue weighted by Gasteiger charge is -2.18. The van der Waals surface area contributed by atoms with E-state index in [0.29, 0.717) is 0 Å². The van der Waals surface area contributed by atoms with Gasteiger partial charge in [0.1, 0.15) is 11.8 Å². The molecule has 0 bridgehead atoms. The van der Waals surface area contributed by atoms with Crippen LogP contribution in [-0.4, -0.2) is 39.6 Å². The second-order valence-electron chi connectivity index (χ2n) is 5.00. The van der Waals surface area contributed by atoms with Crippen LogP contribution >= 0.6 is 0 Å². The third-order valence-electron chi connectivity index (χ3n) is 3.05. The lowest BCUT2D eigenvalue weighted by molar-refractivity contribution is -0.384. The molecule has 1 rings (SSSR count). The number of nitrogens with one attached hydrogen (secondary N) is 2. The summed E-state index contributed by atoms with van der Waals surface area (Å²) in [5.74, 6) is -0.723. The minimum Gasteiger partial charge on any atom is -0.390 e. The molecule has 0 aliphatic rings. The van der Waals surface area contributed by atoms with Crippen LogP contribution < -0.4 is 10.6 Å². The second kappa shape index (κ2) is 8.20. The van der Waals surface area contributed by atoms with Crippen LogP contribution in [0.25, 0.3) is 0 Å². The Morgan fingerprint density at radius 2 is 1.91 bits per heavy atom. The van der Waals surface area contributed by atoms with Gasteiger partial charge in [-0.2, -0.15) is 0 Å². The van der Waals surface area contributed by atoms with E-state index >= 15 is 0 Å². The van der Waals surface area contributed by atoms with E-state index in [0.717, 1.165) is 6.07 Å². The molecule has 0 fully saturated rings. The lowest BCUT2D eigenvalue weighted by atomic mass is 10.0. The summed E-state index contributed by atoms with van der Waals surface area (Å²) in [5.41, 5.74) is -0.238. The molecule has 23 heavy (non-hydrogen) atoms. The van der Waals surface area contributed by atoms with Crippen LogP contribution in [0.4, 0.5) is 11.4 Å². The van der Waals surface area contributed by atoms with Crippen LogP contribution in [0, 0.1) is 10.1 Å². The quantitative estimate of drug-likeness (QED) is 0.424. The molecule has 9 heteroatoms. The number of amides is 2. The number of hydrogen-bond acceptors (Lipinski definition) is 6. The monoisotopic (exact) mass is 325 g/mol. The fourth-order valence-corrected chi connectivity index (χ4v) is 1.96. The molecule has 9 nitrogen and oxygen atoms in total. The van der Waals surface area contributed by atoms with Crippen molar-refractivity contribution in [2.45, 2.75) is 32.5 Å². The average molecular weight is 325 g/mol. The molecule has 0 aliphatic carbocycles. The Labute approximate surface area is 132 Å². The molecular weight excluding hydrogens is 306 g/mol. The summed E-state index contributed by atoms with van der Waals surface area (Å²) < 4.78 is 0. The second-order valence-corrected chi connectivity index (χ2v) is 5.00. The molecule has 0 spiro atoms. The van der Waals surface area contributed by atoms with Gasteiger partial charge in [0.2, 0.25) is 11.8 Å². The van der Waals surface area contributed by atoms with Gasteiger partial charge in [0.15, 0.2) is 0 Å². The van der Waals surface area contributed by atoms with Crippen molar-refractivity contribution in [1.29, 1.82) is 0 Å². The normalized spacial score (nSPS) is 13.0. The molecule has 2 unspecified atom stereocenters. The predicted octanol–water partition coefficient (Wildman–Crippen LogP) is 0.474. The molecule has 0 saturated carbocycles. The van der Waals surface area contributed by atoms with E-state index < -0.39 is 23.0 Å². The number of carbonyl (C=O) groups is 2. The van der Waals surface area contributed by atoms with E-state index in [-0.39, 0.29) is 35.8 Å². The average Bonchev–Trinajstić information content (AvgIpc) is 2.45. The van der Waals surface area contributed by atoms with Crippen molar-refractivity contribution in [3.8, 4) is 0 Å². The molecule has 1 aromatic rings. The molecular formula is C14H19N3O6. The van der Waals surface area contributed by atoms with Gasteiger partial charge in [-0.15, -0.1) is 0 Å². The molecule has 0 saturated heterocycles. The minimum absolute atomic E-state index is 0.00573. The summed E-state index contributed by atoms with van der Waals surface area (Å²) in [4.78, 5) is 32.1. The molecule has 1 aromatic carbocycles. The number of nitro benzene ring substituents is 1. The topological polar surface area (TPSA) is 142 Å². The number of rotatable bonds is 7. The summed E-state index contributed by atoms with van der Waals surface area (Å²) in [6, 6.07) is 3.76. The number of aliphatic hydroxyl groups is 2. The Morgan fingerprint density at radius 1 is 1.26 bits per heavy atom. The zero-order chi connectivity index (χ0) is 17.6. The van der Waals surface area contributed by atoms with E-state index in [1.807, 2.05) is 0 Å². The van der Waals surface area contributed by atoms with Crippen molar-refractivity contribution in [2.24, 2.45) is 0 Å². The van der Waals surface area contributed by atoms with Crippen molar-refractivity contribution in [3.05, 3.63) is 33.9 Å².